The number of ether oxygens (including phenoxy) is 2. The van der Waals surface area contributed by atoms with Crippen molar-refractivity contribution in [1.29, 1.82) is 0 Å². The third-order valence-corrected chi connectivity index (χ3v) is 3.76. The molecule has 0 aliphatic heterocycles. The maximum Gasteiger partial charge on any atom is 0.119 e. The first kappa shape index (κ1) is 15.4. The highest BCUT2D eigenvalue weighted by Crippen LogP contribution is 2.21. The van der Waals surface area contributed by atoms with Crippen LogP contribution in [0, 0.1) is 13.8 Å². The summed E-state index contributed by atoms with van der Waals surface area (Å²) in [7, 11) is 3.62. The molecule has 0 aliphatic carbocycles. The van der Waals surface area contributed by atoms with E-state index in [9.17, 15) is 0 Å². The minimum absolute atomic E-state index is 0.150. The number of aryl methyl sites for hydroxylation is 2. The van der Waals surface area contributed by atoms with E-state index in [4.69, 9.17) is 9.47 Å². The fraction of sp³-hybridized carbons (Fsp3) is 0.333. The smallest absolute Gasteiger partial charge is 0.119 e. The molecule has 0 aliphatic rings. The van der Waals surface area contributed by atoms with E-state index in [0.29, 0.717) is 6.61 Å². The van der Waals surface area contributed by atoms with Crippen LogP contribution in [0.2, 0.25) is 0 Å². The van der Waals surface area contributed by atoms with Gasteiger partial charge in [-0.05, 0) is 61.9 Å². The van der Waals surface area contributed by atoms with Gasteiger partial charge in [0.05, 0.1) is 13.2 Å². The molecule has 0 heterocycles. The van der Waals surface area contributed by atoms with E-state index >= 15 is 0 Å². The first-order chi connectivity index (χ1) is 10.1. The van der Waals surface area contributed by atoms with Gasteiger partial charge in [-0.1, -0.05) is 18.2 Å². The van der Waals surface area contributed by atoms with E-state index in [0.717, 1.165) is 11.5 Å². The Morgan fingerprint density at radius 2 is 1.62 bits per heavy atom. The van der Waals surface area contributed by atoms with Gasteiger partial charge < -0.3 is 14.8 Å². The highest BCUT2D eigenvalue weighted by atomic mass is 16.5. The van der Waals surface area contributed by atoms with Crippen LogP contribution in [-0.4, -0.2) is 20.8 Å². The topological polar surface area (TPSA) is 30.5 Å². The Bertz CT molecular complexity index is 578. The maximum absolute atomic E-state index is 5.91. The summed E-state index contributed by atoms with van der Waals surface area (Å²) >= 11 is 0. The molecule has 1 atom stereocenters. The molecule has 2 aromatic carbocycles. The molecular formula is C18H23NO2. The molecule has 0 radical (unpaired) electrons. The Kier molecular flexibility index (Phi) is 5.23. The van der Waals surface area contributed by atoms with Crippen LogP contribution in [-0.2, 0) is 0 Å². The predicted octanol–water partition coefficient (Wildman–Crippen LogP) is 3.65. The van der Waals surface area contributed by atoms with Gasteiger partial charge in [0, 0.05) is 0 Å². The lowest BCUT2D eigenvalue weighted by molar-refractivity contribution is 0.273. The van der Waals surface area contributed by atoms with Crippen molar-refractivity contribution >= 4 is 0 Å². The van der Waals surface area contributed by atoms with Crippen LogP contribution in [0.3, 0.4) is 0 Å². The van der Waals surface area contributed by atoms with Gasteiger partial charge in [-0.15, -0.1) is 0 Å². The van der Waals surface area contributed by atoms with Crippen LogP contribution < -0.4 is 14.8 Å². The predicted molar refractivity (Wildman–Crippen MR) is 86.2 cm³/mol. The van der Waals surface area contributed by atoms with Gasteiger partial charge >= 0.3 is 0 Å². The van der Waals surface area contributed by atoms with Crippen molar-refractivity contribution in [3.8, 4) is 11.5 Å². The molecule has 1 N–H and O–H groups in total. The number of benzene rings is 2. The van der Waals surface area contributed by atoms with Gasteiger partial charge in [0.15, 0.2) is 0 Å². The summed E-state index contributed by atoms with van der Waals surface area (Å²) in [6.45, 7) is 4.79. The molecule has 0 saturated heterocycles. The summed E-state index contributed by atoms with van der Waals surface area (Å²) < 4.78 is 11.1. The van der Waals surface area contributed by atoms with E-state index < -0.39 is 0 Å². The summed E-state index contributed by atoms with van der Waals surface area (Å²) in [4.78, 5) is 0. The number of hydrogen-bond donors (Lipinski definition) is 1. The average molecular weight is 285 g/mol. The van der Waals surface area contributed by atoms with Crippen molar-refractivity contribution in [3.63, 3.8) is 0 Å². The standard InChI is InChI=1S/C18H23NO2/c1-13-5-8-17(11-14(13)2)21-12-18(19-3)15-6-9-16(20-4)10-7-15/h5-11,18-19H,12H2,1-4H3. The van der Waals surface area contributed by atoms with Gasteiger partial charge in [-0.3, -0.25) is 0 Å². The molecule has 0 fully saturated rings. The van der Waals surface area contributed by atoms with Crippen LogP contribution >= 0.6 is 0 Å². The molecule has 2 aromatic rings. The van der Waals surface area contributed by atoms with E-state index in [1.54, 1.807) is 7.11 Å². The van der Waals surface area contributed by atoms with Crippen molar-refractivity contribution in [2.45, 2.75) is 19.9 Å². The largest absolute Gasteiger partial charge is 0.497 e. The number of rotatable bonds is 6. The van der Waals surface area contributed by atoms with Crippen LogP contribution in [0.5, 0.6) is 11.5 Å². The summed E-state index contributed by atoms with van der Waals surface area (Å²) in [5.41, 5.74) is 3.71. The average Bonchev–Trinajstić information content (AvgIpc) is 2.52. The van der Waals surface area contributed by atoms with E-state index in [-0.39, 0.29) is 6.04 Å². The second kappa shape index (κ2) is 7.14. The van der Waals surface area contributed by atoms with Crippen molar-refractivity contribution < 1.29 is 9.47 Å². The van der Waals surface area contributed by atoms with Gasteiger partial charge in [0.25, 0.3) is 0 Å². The fourth-order valence-corrected chi connectivity index (χ4v) is 2.17. The molecule has 2 rings (SSSR count). The zero-order chi connectivity index (χ0) is 15.2. The Hall–Kier alpha value is -2.00. The van der Waals surface area contributed by atoms with Gasteiger partial charge in [-0.25, -0.2) is 0 Å². The second-order valence-electron chi connectivity index (χ2n) is 5.17. The van der Waals surface area contributed by atoms with Crippen LogP contribution in [0.25, 0.3) is 0 Å². The number of hydrogen-bond acceptors (Lipinski definition) is 3. The molecule has 0 spiro atoms. The Morgan fingerprint density at radius 3 is 2.19 bits per heavy atom. The van der Waals surface area contributed by atoms with Crippen LogP contribution in [0.1, 0.15) is 22.7 Å². The first-order valence-electron chi connectivity index (χ1n) is 7.15. The monoisotopic (exact) mass is 285 g/mol. The summed E-state index contributed by atoms with van der Waals surface area (Å²) in [6, 6.07) is 14.4. The highest BCUT2D eigenvalue weighted by molar-refractivity contribution is 5.34. The molecule has 0 amide bonds. The van der Waals surface area contributed by atoms with Crippen molar-refractivity contribution in [2.75, 3.05) is 20.8 Å². The Morgan fingerprint density at radius 1 is 0.952 bits per heavy atom. The molecule has 3 nitrogen and oxygen atoms in total. The number of methoxy groups -OCH3 is 1. The third-order valence-electron chi connectivity index (χ3n) is 3.76. The SMILES string of the molecule is CNC(COc1ccc(C)c(C)c1)c1ccc(OC)cc1. The summed E-state index contributed by atoms with van der Waals surface area (Å²) in [6.07, 6.45) is 0. The minimum Gasteiger partial charge on any atom is -0.497 e. The molecule has 3 heteroatoms. The lowest BCUT2D eigenvalue weighted by atomic mass is 10.1. The quantitative estimate of drug-likeness (QED) is 0.878. The third kappa shape index (κ3) is 3.99. The molecular weight excluding hydrogens is 262 g/mol. The Balaban J connectivity index is 2.02. The molecule has 21 heavy (non-hydrogen) atoms. The van der Waals surface area contributed by atoms with E-state index in [1.165, 1.54) is 16.7 Å². The zero-order valence-corrected chi connectivity index (χ0v) is 13.1. The maximum atomic E-state index is 5.91. The zero-order valence-electron chi connectivity index (χ0n) is 13.1. The number of likely N-dealkylation sites (N-methyl/N-ethyl adjacent to an activating group) is 1. The highest BCUT2D eigenvalue weighted by Gasteiger charge is 2.10. The molecule has 1 unspecified atom stereocenters. The van der Waals surface area contributed by atoms with Gasteiger partial charge in [-0.2, -0.15) is 0 Å². The molecule has 112 valence electrons. The summed E-state index contributed by atoms with van der Waals surface area (Å²) in [5, 5.41) is 3.29. The number of nitrogens with one attached hydrogen (secondary N) is 1. The minimum atomic E-state index is 0.150. The van der Waals surface area contributed by atoms with Crippen LogP contribution in [0.15, 0.2) is 42.5 Å². The molecule has 0 bridgehead atoms. The fourth-order valence-electron chi connectivity index (χ4n) is 2.17. The lowest BCUT2D eigenvalue weighted by Crippen LogP contribution is -2.23. The molecule has 0 saturated carbocycles. The second-order valence-corrected chi connectivity index (χ2v) is 5.17. The lowest BCUT2D eigenvalue weighted by Gasteiger charge is -2.18. The van der Waals surface area contributed by atoms with Crippen molar-refractivity contribution in [1.82, 2.24) is 5.32 Å². The van der Waals surface area contributed by atoms with Gasteiger partial charge in [0.2, 0.25) is 0 Å². The summed E-state index contributed by atoms with van der Waals surface area (Å²) in [5.74, 6) is 1.77. The Labute approximate surface area is 126 Å². The van der Waals surface area contributed by atoms with E-state index in [1.807, 2.05) is 25.2 Å². The van der Waals surface area contributed by atoms with E-state index in [2.05, 4.69) is 43.4 Å². The van der Waals surface area contributed by atoms with Crippen molar-refractivity contribution in [2.24, 2.45) is 0 Å². The van der Waals surface area contributed by atoms with Crippen molar-refractivity contribution in [3.05, 3.63) is 59.2 Å². The molecule has 0 aromatic heterocycles. The normalized spacial score (nSPS) is 12.0. The van der Waals surface area contributed by atoms with Crippen LogP contribution in [0.4, 0.5) is 0 Å². The van der Waals surface area contributed by atoms with Gasteiger partial charge in [0.1, 0.15) is 18.1 Å². The first-order valence-corrected chi connectivity index (χ1v) is 7.15.